The van der Waals surface area contributed by atoms with Crippen molar-refractivity contribution in [1.29, 1.82) is 0 Å². The van der Waals surface area contributed by atoms with Crippen LogP contribution in [0.2, 0.25) is 0 Å². The van der Waals surface area contributed by atoms with Gasteiger partial charge in [0.05, 0.1) is 5.56 Å². The third-order valence-corrected chi connectivity index (χ3v) is 3.79. The molecule has 1 aliphatic heterocycles. The molecule has 3 N–H and O–H groups in total. The molecule has 21 heavy (non-hydrogen) atoms. The summed E-state index contributed by atoms with van der Waals surface area (Å²) in [6.45, 7) is 4.86. The van der Waals surface area contributed by atoms with Crippen LogP contribution in [0.5, 0.6) is 0 Å². The molecule has 1 aromatic carbocycles. The first-order valence-electron chi connectivity index (χ1n) is 7.22. The highest BCUT2D eigenvalue weighted by Gasteiger charge is 2.23. The minimum atomic E-state index is -0.980. The second-order valence-corrected chi connectivity index (χ2v) is 5.14. The number of carbonyl (C=O) groups is 2. The van der Waals surface area contributed by atoms with Crippen LogP contribution < -0.4 is 10.6 Å². The summed E-state index contributed by atoms with van der Waals surface area (Å²) in [6.07, 6.45) is 2.29. The van der Waals surface area contributed by atoms with Gasteiger partial charge in [0.1, 0.15) is 0 Å². The van der Waals surface area contributed by atoms with Crippen molar-refractivity contribution in [2.24, 2.45) is 0 Å². The number of rotatable bonds is 5. The lowest BCUT2D eigenvalue weighted by Crippen LogP contribution is -2.41. The number of anilines is 1. The molecule has 1 saturated heterocycles. The standard InChI is InChI=1S/C15H21N3O3/c1-2-18-9-3-4-13(18)10-16-15(21)17-12-7-5-11(6-8-12)14(19)20/h5-8,13H,2-4,9-10H2,1H3,(H,19,20)(H2,16,17,21). The van der Waals surface area contributed by atoms with Crippen LogP contribution in [-0.4, -0.2) is 47.7 Å². The molecular weight excluding hydrogens is 270 g/mol. The number of benzene rings is 1. The number of nitrogens with one attached hydrogen (secondary N) is 2. The van der Waals surface area contributed by atoms with Crippen LogP contribution in [0.25, 0.3) is 0 Å². The molecule has 1 unspecified atom stereocenters. The van der Waals surface area contributed by atoms with Crippen molar-refractivity contribution in [3.05, 3.63) is 29.8 Å². The fourth-order valence-electron chi connectivity index (χ4n) is 2.62. The van der Waals surface area contributed by atoms with Crippen LogP contribution in [0, 0.1) is 0 Å². The van der Waals surface area contributed by atoms with Crippen LogP contribution >= 0.6 is 0 Å². The van der Waals surface area contributed by atoms with Gasteiger partial charge in [-0.25, -0.2) is 9.59 Å². The zero-order valence-electron chi connectivity index (χ0n) is 12.1. The third-order valence-electron chi connectivity index (χ3n) is 3.79. The third kappa shape index (κ3) is 4.19. The summed E-state index contributed by atoms with van der Waals surface area (Å²) in [5.41, 5.74) is 0.779. The van der Waals surface area contributed by atoms with Crippen molar-refractivity contribution < 1.29 is 14.7 Å². The molecule has 1 aliphatic rings. The van der Waals surface area contributed by atoms with Gasteiger partial charge in [-0.05, 0) is 50.2 Å². The van der Waals surface area contributed by atoms with Crippen LogP contribution in [0.15, 0.2) is 24.3 Å². The van der Waals surface area contributed by atoms with Gasteiger partial charge >= 0.3 is 12.0 Å². The smallest absolute Gasteiger partial charge is 0.335 e. The van der Waals surface area contributed by atoms with Gasteiger partial charge in [-0.1, -0.05) is 6.92 Å². The van der Waals surface area contributed by atoms with E-state index in [1.54, 1.807) is 12.1 Å². The Morgan fingerprint density at radius 2 is 2.05 bits per heavy atom. The fraction of sp³-hybridized carbons (Fsp3) is 0.467. The molecule has 6 nitrogen and oxygen atoms in total. The number of likely N-dealkylation sites (tertiary alicyclic amines) is 1. The molecule has 114 valence electrons. The number of hydrogen-bond donors (Lipinski definition) is 3. The van der Waals surface area contributed by atoms with Crippen molar-refractivity contribution in [2.45, 2.75) is 25.8 Å². The summed E-state index contributed by atoms with van der Waals surface area (Å²) in [5.74, 6) is -0.980. The van der Waals surface area contributed by atoms with Gasteiger partial charge in [0.2, 0.25) is 0 Å². The highest BCUT2D eigenvalue weighted by Crippen LogP contribution is 2.15. The van der Waals surface area contributed by atoms with E-state index in [-0.39, 0.29) is 11.6 Å². The van der Waals surface area contributed by atoms with Crippen molar-refractivity contribution in [2.75, 3.05) is 25.0 Å². The topological polar surface area (TPSA) is 81.7 Å². The Labute approximate surface area is 124 Å². The van der Waals surface area contributed by atoms with Crippen molar-refractivity contribution in [1.82, 2.24) is 10.2 Å². The van der Waals surface area contributed by atoms with Gasteiger partial charge in [-0.2, -0.15) is 0 Å². The fourth-order valence-corrected chi connectivity index (χ4v) is 2.62. The average molecular weight is 291 g/mol. The number of carboxylic acid groups (broad SMARTS) is 1. The lowest BCUT2D eigenvalue weighted by molar-refractivity contribution is 0.0697. The summed E-state index contributed by atoms with van der Waals surface area (Å²) in [7, 11) is 0. The number of carboxylic acids is 1. The molecule has 2 rings (SSSR count). The van der Waals surface area contributed by atoms with Gasteiger partial charge in [0.15, 0.2) is 0 Å². The van der Waals surface area contributed by atoms with Gasteiger partial charge in [-0.15, -0.1) is 0 Å². The van der Waals surface area contributed by atoms with E-state index in [1.165, 1.54) is 18.6 Å². The molecule has 0 bridgehead atoms. The molecular formula is C15H21N3O3. The summed E-state index contributed by atoms with van der Waals surface area (Å²) < 4.78 is 0. The molecule has 0 aromatic heterocycles. The summed E-state index contributed by atoms with van der Waals surface area (Å²) in [5, 5.41) is 14.4. The van der Waals surface area contributed by atoms with Crippen LogP contribution in [0.4, 0.5) is 10.5 Å². The maximum atomic E-state index is 11.8. The number of hydrogen-bond acceptors (Lipinski definition) is 3. The largest absolute Gasteiger partial charge is 0.478 e. The zero-order valence-corrected chi connectivity index (χ0v) is 12.1. The van der Waals surface area contributed by atoms with Crippen LogP contribution in [0.1, 0.15) is 30.1 Å². The first-order chi connectivity index (χ1) is 10.1. The molecule has 0 aliphatic carbocycles. The highest BCUT2D eigenvalue weighted by atomic mass is 16.4. The van der Waals surface area contributed by atoms with Crippen LogP contribution in [0.3, 0.4) is 0 Å². The Kier molecular flexibility index (Phi) is 5.16. The number of urea groups is 1. The number of nitrogens with zero attached hydrogens (tertiary/aromatic N) is 1. The first-order valence-corrected chi connectivity index (χ1v) is 7.22. The summed E-state index contributed by atoms with van der Waals surface area (Å²) in [4.78, 5) is 24.9. The van der Waals surface area contributed by atoms with E-state index in [9.17, 15) is 9.59 Å². The van der Waals surface area contributed by atoms with Crippen molar-refractivity contribution in [3.63, 3.8) is 0 Å². The van der Waals surface area contributed by atoms with E-state index in [1.807, 2.05) is 0 Å². The lowest BCUT2D eigenvalue weighted by Gasteiger charge is -2.22. The van der Waals surface area contributed by atoms with Crippen molar-refractivity contribution >= 4 is 17.7 Å². The van der Waals surface area contributed by atoms with Gasteiger partial charge in [-0.3, -0.25) is 4.90 Å². The molecule has 1 heterocycles. The Morgan fingerprint density at radius 1 is 1.33 bits per heavy atom. The Hall–Kier alpha value is -2.08. The summed E-state index contributed by atoms with van der Waals surface area (Å²) >= 11 is 0. The summed E-state index contributed by atoms with van der Waals surface area (Å²) in [6, 6.07) is 6.24. The van der Waals surface area contributed by atoms with E-state index in [0.29, 0.717) is 18.3 Å². The predicted molar refractivity (Wildman–Crippen MR) is 80.7 cm³/mol. The monoisotopic (exact) mass is 291 g/mol. The van der Waals surface area contributed by atoms with E-state index < -0.39 is 5.97 Å². The maximum absolute atomic E-state index is 11.8. The zero-order chi connectivity index (χ0) is 15.2. The molecule has 0 radical (unpaired) electrons. The second kappa shape index (κ2) is 7.08. The molecule has 1 fully saturated rings. The molecule has 0 saturated carbocycles. The quantitative estimate of drug-likeness (QED) is 0.775. The van der Waals surface area contributed by atoms with E-state index in [2.05, 4.69) is 22.5 Å². The van der Waals surface area contributed by atoms with Crippen molar-refractivity contribution in [3.8, 4) is 0 Å². The van der Waals surface area contributed by atoms with Gasteiger partial charge in [0, 0.05) is 18.3 Å². The normalized spacial score (nSPS) is 18.4. The number of aromatic carboxylic acids is 1. The molecule has 6 heteroatoms. The molecule has 2 amide bonds. The van der Waals surface area contributed by atoms with E-state index >= 15 is 0 Å². The molecule has 1 atom stereocenters. The number of likely N-dealkylation sites (N-methyl/N-ethyl adjacent to an activating group) is 1. The Bertz CT molecular complexity index is 501. The SMILES string of the molecule is CCN1CCCC1CNC(=O)Nc1ccc(C(=O)O)cc1. The number of carbonyl (C=O) groups excluding carboxylic acids is 1. The van der Waals surface area contributed by atoms with Gasteiger partial charge < -0.3 is 15.7 Å². The minimum Gasteiger partial charge on any atom is -0.478 e. The first kappa shape index (κ1) is 15.3. The number of amides is 2. The molecule has 0 spiro atoms. The highest BCUT2D eigenvalue weighted by molar-refractivity contribution is 5.91. The Morgan fingerprint density at radius 3 is 2.67 bits per heavy atom. The van der Waals surface area contributed by atoms with Crippen LogP contribution in [-0.2, 0) is 0 Å². The predicted octanol–water partition coefficient (Wildman–Crippen LogP) is 1.99. The average Bonchev–Trinajstić information content (AvgIpc) is 2.93. The van der Waals surface area contributed by atoms with Gasteiger partial charge in [0.25, 0.3) is 0 Å². The van der Waals surface area contributed by atoms with E-state index in [4.69, 9.17) is 5.11 Å². The van der Waals surface area contributed by atoms with E-state index in [0.717, 1.165) is 19.5 Å². The minimum absolute atomic E-state index is 0.200. The maximum Gasteiger partial charge on any atom is 0.335 e. The second-order valence-electron chi connectivity index (χ2n) is 5.14. The molecule has 1 aromatic rings. The Balaban J connectivity index is 1.80. The lowest BCUT2D eigenvalue weighted by atomic mass is 10.2.